The number of hydrogen-bond acceptors (Lipinski definition) is 3. The first-order valence-electron chi connectivity index (χ1n) is 10.1. The van der Waals surface area contributed by atoms with Gasteiger partial charge in [-0.2, -0.15) is 0 Å². The topological polar surface area (TPSA) is 36.3 Å². The molecule has 0 saturated carbocycles. The number of aryl methyl sites for hydroxylation is 2. The summed E-state index contributed by atoms with van der Waals surface area (Å²) in [5.41, 5.74) is 3.32. The smallest absolute Gasteiger partial charge is 0.153 e. The standard InChI is InChI=1S/C25H26N2O2/c1-19-10-8-13-22(18-19)28-17-9-16-27-24-15-7-6-14-23(24)26-25(27)20(2)29-21-11-4-3-5-12-21/h3-8,10-15,18,20H,9,16-17H2,1-2H3. The Labute approximate surface area is 171 Å². The molecule has 1 heterocycles. The zero-order valence-electron chi connectivity index (χ0n) is 16.9. The zero-order valence-corrected chi connectivity index (χ0v) is 16.9. The SMILES string of the molecule is Cc1cccc(OCCCn2c(C(C)Oc3ccccc3)nc3ccccc32)c1. The Kier molecular flexibility index (Phi) is 5.80. The molecule has 4 heteroatoms. The Balaban J connectivity index is 1.49. The summed E-state index contributed by atoms with van der Waals surface area (Å²) in [6, 6.07) is 26.3. The van der Waals surface area contributed by atoms with Gasteiger partial charge in [-0.05, 0) is 62.2 Å². The number of hydrogen-bond donors (Lipinski definition) is 0. The molecule has 0 bridgehead atoms. The van der Waals surface area contributed by atoms with Crippen molar-refractivity contribution in [3.8, 4) is 11.5 Å². The van der Waals surface area contributed by atoms with E-state index < -0.39 is 0 Å². The summed E-state index contributed by atoms with van der Waals surface area (Å²) in [5, 5.41) is 0. The van der Waals surface area contributed by atoms with Crippen molar-refractivity contribution >= 4 is 11.0 Å². The fourth-order valence-electron chi connectivity index (χ4n) is 3.51. The molecule has 1 aromatic heterocycles. The van der Waals surface area contributed by atoms with Gasteiger partial charge in [0, 0.05) is 6.54 Å². The Morgan fingerprint density at radius 1 is 0.897 bits per heavy atom. The normalized spacial score (nSPS) is 12.1. The van der Waals surface area contributed by atoms with E-state index in [9.17, 15) is 0 Å². The molecule has 0 aliphatic carbocycles. The Bertz CT molecular complexity index is 1070. The minimum Gasteiger partial charge on any atom is -0.494 e. The van der Waals surface area contributed by atoms with Gasteiger partial charge in [0.2, 0.25) is 0 Å². The van der Waals surface area contributed by atoms with Gasteiger partial charge in [-0.3, -0.25) is 0 Å². The van der Waals surface area contributed by atoms with Crippen LogP contribution in [0, 0.1) is 6.92 Å². The molecule has 0 aliphatic heterocycles. The van der Waals surface area contributed by atoms with Crippen LogP contribution in [0.15, 0.2) is 78.9 Å². The number of para-hydroxylation sites is 3. The number of ether oxygens (including phenoxy) is 2. The third kappa shape index (κ3) is 4.60. The quantitative estimate of drug-likeness (QED) is 0.351. The lowest BCUT2D eigenvalue weighted by Gasteiger charge is -2.17. The van der Waals surface area contributed by atoms with Gasteiger partial charge in [0.1, 0.15) is 11.5 Å². The Morgan fingerprint density at radius 2 is 1.66 bits per heavy atom. The molecule has 0 radical (unpaired) electrons. The van der Waals surface area contributed by atoms with E-state index in [0.717, 1.165) is 41.3 Å². The highest BCUT2D eigenvalue weighted by atomic mass is 16.5. The van der Waals surface area contributed by atoms with E-state index >= 15 is 0 Å². The van der Waals surface area contributed by atoms with Crippen LogP contribution in [-0.2, 0) is 6.54 Å². The molecule has 0 saturated heterocycles. The van der Waals surface area contributed by atoms with E-state index in [1.807, 2.05) is 61.5 Å². The van der Waals surface area contributed by atoms with Crippen LogP contribution in [0.4, 0.5) is 0 Å². The van der Waals surface area contributed by atoms with Crippen LogP contribution >= 0.6 is 0 Å². The minimum absolute atomic E-state index is 0.150. The average Bonchev–Trinajstić information content (AvgIpc) is 3.11. The van der Waals surface area contributed by atoms with E-state index in [0.29, 0.717) is 6.61 Å². The van der Waals surface area contributed by atoms with E-state index in [2.05, 4.69) is 35.8 Å². The predicted octanol–water partition coefficient (Wildman–Crippen LogP) is 5.95. The molecule has 0 spiro atoms. The number of rotatable bonds is 8. The predicted molar refractivity (Wildman–Crippen MR) is 117 cm³/mol. The zero-order chi connectivity index (χ0) is 20.1. The highest BCUT2D eigenvalue weighted by Gasteiger charge is 2.18. The fraction of sp³-hybridized carbons (Fsp3) is 0.240. The number of aromatic nitrogens is 2. The molecule has 148 valence electrons. The largest absolute Gasteiger partial charge is 0.494 e. The molecule has 0 fully saturated rings. The van der Waals surface area contributed by atoms with Crippen LogP contribution in [0.25, 0.3) is 11.0 Å². The molecular weight excluding hydrogens is 360 g/mol. The van der Waals surface area contributed by atoms with Crippen molar-refractivity contribution in [3.05, 3.63) is 90.3 Å². The second-order valence-electron chi connectivity index (χ2n) is 7.20. The van der Waals surface area contributed by atoms with Crippen molar-refractivity contribution < 1.29 is 9.47 Å². The van der Waals surface area contributed by atoms with E-state index in [-0.39, 0.29) is 6.10 Å². The Morgan fingerprint density at radius 3 is 2.48 bits per heavy atom. The van der Waals surface area contributed by atoms with Crippen LogP contribution < -0.4 is 9.47 Å². The third-order valence-corrected chi connectivity index (χ3v) is 4.89. The fourth-order valence-corrected chi connectivity index (χ4v) is 3.51. The third-order valence-electron chi connectivity index (χ3n) is 4.89. The minimum atomic E-state index is -0.150. The van der Waals surface area contributed by atoms with Gasteiger partial charge in [-0.15, -0.1) is 0 Å². The summed E-state index contributed by atoms with van der Waals surface area (Å²) in [6.07, 6.45) is 0.738. The summed E-state index contributed by atoms with van der Waals surface area (Å²) in [5.74, 6) is 2.70. The van der Waals surface area contributed by atoms with Crippen molar-refractivity contribution in [3.63, 3.8) is 0 Å². The van der Waals surface area contributed by atoms with Crippen molar-refractivity contribution in [2.75, 3.05) is 6.61 Å². The summed E-state index contributed by atoms with van der Waals surface area (Å²) in [6.45, 7) is 5.60. The van der Waals surface area contributed by atoms with Crippen LogP contribution in [-0.4, -0.2) is 16.2 Å². The molecule has 4 nitrogen and oxygen atoms in total. The lowest BCUT2D eigenvalue weighted by atomic mass is 10.2. The first-order valence-corrected chi connectivity index (χ1v) is 10.1. The molecule has 4 rings (SSSR count). The summed E-state index contributed by atoms with van der Waals surface area (Å²) >= 11 is 0. The summed E-state index contributed by atoms with van der Waals surface area (Å²) < 4.78 is 14.3. The molecule has 3 aromatic carbocycles. The van der Waals surface area contributed by atoms with Crippen molar-refractivity contribution in [2.45, 2.75) is 32.9 Å². The van der Waals surface area contributed by atoms with E-state index in [1.165, 1.54) is 5.56 Å². The van der Waals surface area contributed by atoms with Crippen molar-refractivity contribution in [1.29, 1.82) is 0 Å². The highest BCUT2D eigenvalue weighted by Crippen LogP contribution is 2.25. The maximum atomic E-state index is 6.14. The van der Waals surface area contributed by atoms with E-state index in [1.54, 1.807) is 0 Å². The molecule has 29 heavy (non-hydrogen) atoms. The van der Waals surface area contributed by atoms with Crippen LogP contribution in [0.2, 0.25) is 0 Å². The summed E-state index contributed by atoms with van der Waals surface area (Å²) in [7, 11) is 0. The molecule has 0 aliphatic rings. The van der Waals surface area contributed by atoms with Gasteiger partial charge in [0.15, 0.2) is 11.9 Å². The lowest BCUT2D eigenvalue weighted by Crippen LogP contribution is -2.13. The molecular formula is C25H26N2O2. The molecule has 1 unspecified atom stereocenters. The van der Waals surface area contributed by atoms with Gasteiger partial charge < -0.3 is 14.0 Å². The molecule has 1 atom stereocenters. The van der Waals surface area contributed by atoms with Gasteiger partial charge in [0.05, 0.1) is 17.6 Å². The highest BCUT2D eigenvalue weighted by molar-refractivity contribution is 5.76. The average molecular weight is 386 g/mol. The van der Waals surface area contributed by atoms with Gasteiger partial charge in [-0.1, -0.05) is 42.5 Å². The second-order valence-corrected chi connectivity index (χ2v) is 7.20. The number of fused-ring (bicyclic) bond motifs is 1. The van der Waals surface area contributed by atoms with Gasteiger partial charge in [-0.25, -0.2) is 4.98 Å². The van der Waals surface area contributed by atoms with Gasteiger partial charge in [0.25, 0.3) is 0 Å². The monoisotopic (exact) mass is 386 g/mol. The van der Waals surface area contributed by atoms with Crippen molar-refractivity contribution in [1.82, 2.24) is 9.55 Å². The van der Waals surface area contributed by atoms with Crippen LogP contribution in [0.3, 0.4) is 0 Å². The lowest BCUT2D eigenvalue weighted by molar-refractivity contribution is 0.210. The van der Waals surface area contributed by atoms with Crippen LogP contribution in [0.1, 0.15) is 30.8 Å². The first-order chi connectivity index (χ1) is 14.2. The van der Waals surface area contributed by atoms with E-state index in [4.69, 9.17) is 14.5 Å². The van der Waals surface area contributed by atoms with Gasteiger partial charge >= 0.3 is 0 Å². The maximum absolute atomic E-state index is 6.14. The van der Waals surface area contributed by atoms with Crippen molar-refractivity contribution in [2.24, 2.45) is 0 Å². The first kappa shape index (κ1) is 19.1. The second kappa shape index (κ2) is 8.82. The number of imidazole rings is 1. The maximum Gasteiger partial charge on any atom is 0.153 e. The molecule has 4 aromatic rings. The molecule has 0 amide bonds. The number of nitrogens with zero attached hydrogens (tertiary/aromatic N) is 2. The summed E-state index contributed by atoms with van der Waals surface area (Å²) in [4.78, 5) is 4.85. The molecule has 0 N–H and O–H groups in total. The van der Waals surface area contributed by atoms with Crippen LogP contribution in [0.5, 0.6) is 11.5 Å². The Hall–Kier alpha value is -3.27. The number of benzene rings is 3.